The topological polar surface area (TPSA) is 113 Å². The largest absolute Gasteiger partial charge is 0.478 e. The Balaban J connectivity index is 1.98. The lowest BCUT2D eigenvalue weighted by molar-refractivity contribution is -0.154. The summed E-state index contributed by atoms with van der Waals surface area (Å²) in [5, 5.41) is 22.3. The minimum absolute atomic E-state index is 0.130. The summed E-state index contributed by atoms with van der Waals surface area (Å²) in [5.41, 5.74) is 1.74. The SMILES string of the molecule is CCOC(=O)[C@H](O)C(Cc1ccccc1)NC(=O)CCCc1ccccc1C(=O)O. The van der Waals surface area contributed by atoms with Crippen molar-refractivity contribution >= 4 is 17.8 Å². The highest BCUT2D eigenvalue weighted by Crippen LogP contribution is 2.13. The van der Waals surface area contributed by atoms with Gasteiger partial charge in [-0.2, -0.15) is 0 Å². The third-order valence-corrected chi connectivity index (χ3v) is 4.65. The maximum Gasteiger partial charge on any atom is 0.337 e. The number of hydrogen-bond donors (Lipinski definition) is 3. The van der Waals surface area contributed by atoms with Crippen molar-refractivity contribution < 1.29 is 29.3 Å². The van der Waals surface area contributed by atoms with Crippen molar-refractivity contribution in [2.75, 3.05) is 6.61 Å². The zero-order valence-corrected chi connectivity index (χ0v) is 16.9. The average Bonchev–Trinajstić information content (AvgIpc) is 2.74. The minimum atomic E-state index is -1.48. The molecule has 0 fully saturated rings. The Hall–Kier alpha value is -3.19. The summed E-state index contributed by atoms with van der Waals surface area (Å²) in [6.45, 7) is 1.77. The minimum Gasteiger partial charge on any atom is -0.478 e. The maximum absolute atomic E-state index is 12.4. The van der Waals surface area contributed by atoms with E-state index in [0.29, 0.717) is 18.4 Å². The first kappa shape index (κ1) is 23.1. The Kier molecular flexibility index (Phi) is 9.03. The highest BCUT2D eigenvalue weighted by molar-refractivity contribution is 5.89. The van der Waals surface area contributed by atoms with Crippen LogP contribution in [0.1, 0.15) is 41.3 Å². The number of rotatable bonds is 11. The number of ether oxygens (including phenoxy) is 1. The molecule has 2 atom stereocenters. The third kappa shape index (κ3) is 7.00. The van der Waals surface area contributed by atoms with Gasteiger partial charge >= 0.3 is 11.9 Å². The van der Waals surface area contributed by atoms with Crippen LogP contribution in [0.5, 0.6) is 0 Å². The van der Waals surface area contributed by atoms with Crippen LogP contribution in [0.25, 0.3) is 0 Å². The van der Waals surface area contributed by atoms with Gasteiger partial charge < -0.3 is 20.3 Å². The number of hydrogen-bond acceptors (Lipinski definition) is 5. The molecule has 1 unspecified atom stereocenters. The Morgan fingerprint density at radius 1 is 1.03 bits per heavy atom. The van der Waals surface area contributed by atoms with E-state index in [2.05, 4.69) is 5.32 Å². The second-order valence-corrected chi connectivity index (χ2v) is 6.88. The molecule has 30 heavy (non-hydrogen) atoms. The molecule has 0 saturated carbocycles. The van der Waals surface area contributed by atoms with Gasteiger partial charge in [0, 0.05) is 6.42 Å². The number of carboxylic acid groups (broad SMARTS) is 1. The zero-order chi connectivity index (χ0) is 21.9. The maximum atomic E-state index is 12.4. The van der Waals surface area contributed by atoms with Crippen LogP contribution in [-0.4, -0.2) is 46.8 Å². The Bertz CT molecular complexity index is 852. The number of benzene rings is 2. The number of aliphatic hydroxyl groups is 1. The molecule has 7 heteroatoms. The first-order valence-corrected chi connectivity index (χ1v) is 9.91. The fourth-order valence-electron chi connectivity index (χ4n) is 3.17. The molecule has 0 saturated heterocycles. The number of amides is 1. The molecule has 0 aliphatic rings. The molecule has 0 heterocycles. The lowest BCUT2D eigenvalue weighted by atomic mass is 10.00. The summed E-state index contributed by atoms with van der Waals surface area (Å²) in [5.74, 6) is -2.11. The first-order valence-electron chi connectivity index (χ1n) is 9.91. The number of carbonyl (C=O) groups is 3. The van der Waals surface area contributed by atoms with Crippen LogP contribution < -0.4 is 5.32 Å². The van der Waals surface area contributed by atoms with E-state index in [9.17, 15) is 24.6 Å². The average molecular weight is 413 g/mol. The van der Waals surface area contributed by atoms with E-state index < -0.39 is 24.1 Å². The lowest BCUT2D eigenvalue weighted by Crippen LogP contribution is -2.48. The summed E-state index contributed by atoms with van der Waals surface area (Å²) >= 11 is 0. The second kappa shape index (κ2) is 11.7. The van der Waals surface area contributed by atoms with E-state index in [0.717, 1.165) is 5.56 Å². The third-order valence-electron chi connectivity index (χ3n) is 4.65. The number of esters is 1. The van der Waals surface area contributed by atoms with Crippen LogP contribution in [0.2, 0.25) is 0 Å². The number of nitrogens with one attached hydrogen (secondary N) is 1. The first-order chi connectivity index (χ1) is 14.4. The molecule has 0 spiro atoms. The molecule has 2 aromatic rings. The number of carboxylic acids is 1. The van der Waals surface area contributed by atoms with Gasteiger partial charge in [-0.3, -0.25) is 4.79 Å². The predicted molar refractivity (Wildman–Crippen MR) is 111 cm³/mol. The molecule has 3 N–H and O–H groups in total. The van der Waals surface area contributed by atoms with Crippen molar-refractivity contribution in [3.05, 3.63) is 71.3 Å². The number of aliphatic hydroxyl groups excluding tert-OH is 1. The van der Waals surface area contributed by atoms with Gasteiger partial charge in [-0.05, 0) is 43.4 Å². The quantitative estimate of drug-likeness (QED) is 0.488. The molecule has 0 aliphatic carbocycles. The summed E-state index contributed by atoms with van der Waals surface area (Å²) < 4.78 is 4.88. The number of carbonyl (C=O) groups excluding carboxylic acids is 2. The van der Waals surface area contributed by atoms with Gasteiger partial charge in [0.2, 0.25) is 5.91 Å². The summed E-state index contributed by atoms with van der Waals surface area (Å²) in [4.78, 5) is 35.7. The molecule has 0 aromatic heterocycles. The molecule has 2 rings (SSSR count). The van der Waals surface area contributed by atoms with Crippen molar-refractivity contribution in [2.45, 2.75) is 44.8 Å². The van der Waals surface area contributed by atoms with Crippen LogP contribution in [0.3, 0.4) is 0 Å². The van der Waals surface area contributed by atoms with Gasteiger partial charge in [-0.15, -0.1) is 0 Å². The molecule has 2 aromatic carbocycles. The summed E-state index contributed by atoms with van der Waals surface area (Å²) in [6.07, 6.45) is -0.214. The van der Waals surface area contributed by atoms with Crippen molar-refractivity contribution in [1.82, 2.24) is 5.32 Å². The van der Waals surface area contributed by atoms with Crippen molar-refractivity contribution in [3.8, 4) is 0 Å². The van der Waals surface area contributed by atoms with E-state index in [1.54, 1.807) is 25.1 Å². The normalized spacial score (nSPS) is 12.6. The van der Waals surface area contributed by atoms with Gasteiger partial charge in [0.25, 0.3) is 0 Å². The standard InChI is InChI=1S/C23H27NO6/c1-2-30-23(29)21(26)19(15-16-9-4-3-5-10-16)24-20(25)14-8-12-17-11-6-7-13-18(17)22(27)28/h3-7,9-11,13,19,21,26H,2,8,12,14-15H2,1H3,(H,24,25)(H,27,28)/t19?,21-/m1/s1. The Morgan fingerprint density at radius 2 is 1.70 bits per heavy atom. The van der Waals surface area contributed by atoms with Crippen molar-refractivity contribution in [1.29, 1.82) is 0 Å². The van der Waals surface area contributed by atoms with Crippen LogP contribution in [0, 0.1) is 0 Å². The van der Waals surface area contributed by atoms with Crippen molar-refractivity contribution in [2.24, 2.45) is 0 Å². The van der Waals surface area contributed by atoms with Gasteiger partial charge in [-0.1, -0.05) is 48.5 Å². The highest BCUT2D eigenvalue weighted by atomic mass is 16.5. The van der Waals surface area contributed by atoms with E-state index in [4.69, 9.17) is 4.74 Å². The fraction of sp³-hybridized carbons (Fsp3) is 0.348. The number of aryl methyl sites for hydroxylation is 1. The van der Waals surface area contributed by atoms with Crippen LogP contribution in [0.4, 0.5) is 0 Å². The molecule has 0 bridgehead atoms. The van der Waals surface area contributed by atoms with Crippen molar-refractivity contribution in [3.63, 3.8) is 0 Å². The van der Waals surface area contributed by atoms with Crippen LogP contribution >= 0.6 is 0 Å². The van der Waals surface area contributed by atoms with Gasteiger partial charge in [0.15, 0.2) is 6.10 Å². The van der Waals surface area contributed by atoms with E-state index >= 15 is 0 Å². The molecule has 0 aliphatic heterocycles. The monoisotopic (exact) mass is 413 g/mol. The predicted octanol–water partition coefficient (Wildman–Crippen LogP) is 2.36. The van der Waals surface area contributed by atoms with Crippen LogP contribution in [0.15, 0.2) is 54.6 Å². The summed E-state index contributed by atoms with van der Waals surface area (Å²) in [7, 11) is 0. The zero-order valence-electron chi connectivity index (χ0n) is 16.9. The fourth-order valence-corrected chi connectivity index (χ4v) is 3.17. The lowest BCUT2D eigenvalue weighted by Gasteiger charge is -2.23. The van der Waals surface area contributed by atoms with Gasteiger partial charge in [0.05, 0.1) is 18.2 Å². The molecular weight excluding hydrogens is 386 g/mol. The Labute approximate surface area is 175 Å². The number of aromatic carboxylic acids is 1. The van der Waals surface area contributed by atoms with E-state index in [1.165, 1.54) is 6.07 Å². The van der Waals surface area contributed by atoms with Crippen LogP contribution in [-0.2, 0) is 27.2 Å². The van der Waals surface area contributed by atoms with E-state index in [-0.39, 0.29) is 30.9 Å². The Morgan fingerprint density at radius 3 is 2.37 bits per heavy atom. The molecule has 1 amide bonds. The van der Waals surface area contributed by atoms with E-state index in [1.807, 2.05) is 30.3 Å². The summed E-state index contributed by atoms with van der Waals surface area (Å²) in [6, 6.07) is 15.1. The van der Waals surface area contributed by atoms with Gasteiger partial charge in [-0.25, -0.2) is 9.59 Å². The smallest absolute Gasteiger partial charge is 0.337 e. The molecular formula is C23H27NO6. The van der Waals surface area contributed by atoms with Gasteiger partial charge in [0.1, 0.15) is 0 Å². The molecule has 160 valence electrons. The second-order valence-electron chi connectivity index (χ2n) is 6.88. The molecule has 7 nitrogen and oxygen atoms in total. The molecule has 0 radical (unpaired) electrons. The highest BCUT2D eigenvalue weighted by Gasteiger charge is 2.29.